The van der Waals surface area contributed by atoms with E-state index in [2.05, 4.69) is 10.3 Å². The molecule has 1 amide bonds. The van der Waals surface area contributed by atoms with E-state index >= 15 is 0 Å². The average Bonchev–Trinajstić information content (AvgIpc) is 3.01. The molecule has 1 aliphatic heterocycles. The zero-order valence-corrected chi connectivity index (χ0v) is 15.4. The number of carbonyl (C=O) groups is 2. The smallest absolute Gasteiger partial charge is 0.303 e. The molecule has 0 saturated carbocycles. The van der Waals surface area contributed by atoms with Gasteiger partial charge in [0.2, 0.25) is 0 Å². The third kappa shape index (κ3) is 3.63. The fourth-order valence-corrected chi connectivity index (χ4v) is 4.51. The van der Waals surface area contributed by atoms with Crippen LogP contribution in [-0.2, 0) is 25.8 Å². The highest BCUT2D eigenvalue weighted by Gasteiger charge is 2.27. The van der Waals surface area contributed by atoms with E-state index in [0.29, 0.717) is 28.2 Å². The zero-order valence-electron chi connectivity index (χ0n) is 14.6. The number of carboxylic acids is 1. The van der Waals surface area contributed by atoms with Crippen molar-refractivity contribution in [2.24, 2.45) is 0 Å². The van der Waals surface area contributed by atoms with Crippen LogP contribution >= 0.6 is 0 Å². The number of rotatable bonds is 5. The second-order valence-electron chi connectivity index (χ2n) is 6.34. The maximum absolute atomic E-state index is 13.4. The first-order chi connectivity index (χ1) is 12.6. The lowest BCUT2D eigenvalue weighted by Crippen LogP contribution is -2.06. The molecule has 1 aliphatic rings. The topological polar surface area (TPSA) is 116 Å². The molecule has 142 valence electrons. The molecule has 1 aromatic carbocycles. The van der Waals surface area contributed by atoms with E-state index in [1.165, 1.54) is 24.3 Å². The maximum atomic E-state index is 13.4. The Balaban J connectivity index is 2.16. The van der Waals surface area contributed by atoms with Gasteiger partial charge in [0.15, 0.2) is 9.84 Å². The first-order valence-corrected chi connectivity index (χ1v) is 9.93. The summed E-state index contributed by atoms with van der Waals surface area (Å²) in [5.41, 5.74) is 2.07. The number of hydrogen-bond acceptors (Lipinski definition) is 4. The van der Waals surface area contributed by atoms with Gasteiger partial charge in [-0.15, -0.1) is 0 Å². The molecule has 0 radical (unpaired) electrons. The second kappa shape index (κ2) is 6.66. The molecule has 0 fully saturated rings. The molecule has 7 nitrogen and oxygen atoms in total. The molecule has 2 aromatic rings. The summed E-state index contributed by atoms with van der Waals surface area (Å²) in [6.45, 7) is 1.57. The summed E-state index contributed by atoms with van der Waals surface area (Å²) in [5.74, 6) is -2.01. The fraction of sp³-hybridized carbons (Fsp3) is 0.222. The minimum Gasteiger partial charge on any atom is -0.481 e. The van der Waals surface area contributed by atoms with E-state index in [4.69, 9.17) is 5.11 Å². The van der Waals surface area contributed by atoms with Gasteiger partial charge in [-0.3, -0.25) is 9.59 Å². The lowest BCUT2D eigenvalue weighted by molar-refractivity contribution is -0.137. The van der Waals surface area contributed by atoms with Crippen LogP contribution in [0.3, 0.4) is 0 Å². The van der Waals surface area contributed by atoms with Crippen LogP contribution in [0.1, 0.15) is 28.9 Å². The summed E-state index contributed by atoms with van der Waals surface area (Å²) in [7, 11) is -3.61. The highest BCUT2D eigenvalue weighted by atomic mass is 32.2. The largest absolute Gasteiger partial charge is 0.481 e. The summed E-state index contributed by atoms with van der Waals surface area (Å²) in [6, 6.07) is 3.88. The molecule has 9 heteroatoms. The summed E-state index contributed by atoms with van der Waals surface area (Å²) >= 11 is 0. The Kier molecular flexibility index (Phi) is 4.64. The molecule has 0 aliphatic carbocycles. The lowest BCUT2D eigenvalue weighted by Gasteiger charge is -2.04. The van der Waals surface area contributed by atoms with Gasteiger partial charge >= 0.3 is 5.97 Å². The average molecular weight is 392 g/mol. The minimum absolute atomic E-state index is 0.0148. The highest BCUT2D eigenvalue weighted by Crippen LogP contribution is 2.35. The Morgan fingerprint density at radius 3 is 2.67 bits per heavy atom. The summed E-state index contributed by atoms with van der Waals surface area (Å²) in [6.07, 6.45) is 2.24. The van der Waals surface area contributed by atoms with Gasteiger partial charge < -0.3 is 15.4 Å². The predicted octanol–water partition coefficient (Wildman–Crippen LogP) is 2.38. The maximum Gasteiger partial charge on any atom is 0.303 e. The van der Waals surface area contributed by atoms with Crippen LogP contribution in [-0.4, -0.2) is 36.6 Å². The Morgan fingerprint density at radius 1 is 1.33 bits per heavy atom. The van der Waals surface area contributed by atoms with Crippen LogP contribution < -0.4 is 5.32 Å². The van der Waals surface area contributed by atoms with Gasteiger partial charge in [-0.05, 0) is 43.2 Å². The number of nitrogens with one attached hydrogen (secondary N) is 2. The van der Waals surface area contributed by atoms with Gasteiger partial charge in [0.05, 0.1) is 16.2 Å². The molecular formula is C18H17FN2O5S. The van der Waals surface area contributed by atoms with Gasteiger partial charge in [-0.2, -0.15) is 0 Å². The van der Waals surface area contributed by atoms with Crippen LogP contribution in [0.15, 0.2) is 23.1 Å². The van der Waals surface area contributed by atoms with E-state index in [9.17, 15) is 22.4 Å². The molecule has 1 aromatic heterocycles. The summed E-state index contributed by atoms with van der Waals surface area (Å²) < 4.78 is 37.7. The summed E-state index contributed by atoms with van der Waals surface area (Å²) in [4.78, 5) is 26.2. The van der Waals surface area contributed by atoms with Crippen molar-refractivity contribution < 1.29 is 27.5 Å². The number of carboxylic acid groups (broad SMARTS) is 1. The number of benzene rings is 1. The molecule has 0 unspecified atom stereocenters. The van der Waals surface area contributed by atoms with Crippen LogP contribution in [0.2, 0.25) is 0 Å². The molecule has 0 saturated heterocycles. The second-order valence-corrected chi connectivity index (χ2v) is 8.29. The number of aromatic nitrogens is 1. The molecule has 3 N–H and O–H groups in total. The molecule has 2 heterocycles. The van der Waals surface area contributed by atoms with E-state index in [1.807, 2.05) is 0 Å². The third-order valence-electron chi connectivity index (χ3n) is 4.27. The van der Waals surface area contributed by atoms with Crippen molar-refractivity contribution in [1.82, 2.24) is 4.98 Å². The third-order valence-corrected chi connectivity index (χ3v) is 5.57. The Morgan fingerprint density at radius 2 is 2.04 bits per heavy atom. The van der Waals surface area contributed by atoms with Crippen molar-refractivity contribution in [3.05, 3.63) is 46.5 Å². The zero-order chi connectivity index (χ0) is 19.9. The van der Waals surface area contributed by atoms with Gasteiger partial charge in [-0.25, -0.2) is 12.8 Å². The van der Waals surface area contributed by atoms with Crippen LogP contribution in [0.4, 0.5) is 10.1 Å². The van der Waals surface area contributed by atoms with Crippen molar-refractivity contribution in [2.75, 3.05) is 11.6 Å². The standard InChI is InChI=1S/C18H17FN2O5S/c1-9-17(27(2,25)26)12(5-6-16(22)23)15(20-9)8-13-11-4-3-10(19)7-14(11)21-18(13)24/h3-4,7-8,20H,5-6H2,1-2H3,(H,21,24)(H,22,23)/b13-8-. The first kappa shape index (κ1) is 18.8. The van der Waals surface area contributed by atoms with Crippen molar-refractivity contribution in [3.8, 4) is 0 Å². The number of fused-ring (bicyclic) bond motifs is 1. The Hall–Kier alpha value is -2.94. The fourth-order valence-electron chi connectivity index (χ4n) is 3.24. The number of sulfone groups is 1. The molecule has 0 spiro atoms. The number of amides is 1. The molecular weight excluding hydrogens is 375 g/mol. The number of carbonyl (C=O) groups excluding carboxylic acids is 1. The van der Waals surface area contributed by atoms with Crippen LogP contribution in [0.25, 0.3) is 11.6 Å². The van der Waals surface area contributed by atoms with E-state index < -0.39 is 27.5 Å². The molecule has 27 heavy (non-hydrogen) atoms. The number of H-pyrrole nitrogens is 1. The van der Waals surface area contributed by atoms with Crippen LogP contribution in [0, 0.1) is 12.7 Å². The molecule has 0 bridgehead atoms. The number of halogens is 1. The van der Waals surface area contributed by atoms with Gasteiger partial charge in [0.1, 0.15) is 5.82 Å². The minimum atomic E-state index is -3.61. The number of anilines is 1. The SMILES string of the molecule is Cc1[nH]c(/C=C2\C(=O)Nc3cc(F)ccc32)c(CCC(=O)O)c1S(C)(=O)=O. The monoisotopic (exact) mass is 392 g/mol. The number of aliphatic carboxylic acids is 1. The van der Waals surface area contributed by atoms with Crippen molar-refractivity contribution in [3.63, 3.8) is 0 Å². The van der Waals surface area contributed by atoms with Gasteiger partial charge in [0.25, 0.3) is 5.91 Å². The predicted molar refractivity (Wildman–Crippen MR) is 97.5 cm³/mol. The van der Waals surface area contributed by atoms with Crippen molar-refractivity contribution >= 4 is 39.1 Å². The number of aromatic amines is 1. The first-order valence-electron chi connectivity index (χ1n) is 8.04. The molecule has 0 atom stereocenters. The normalized spacial score (nSPS) is 15.1. The summed E-state index contributed by atoms with van der Waals surface area (Å²) in [5, 5.41) is 11.5. The van der Waals surface area contributed by atoms with Crippen molar-refractivity contribution in [1.29, 1.82) is 0 Å². The number of hydrogen-bond donors (Lipinski definition) is 3. The Labute approximate surface area is 154 Å². The van der Waals surface area contributed by atoms with E-state index in [-0.39, 0.29) is 23.3 Å². The number of aryl methyl sites for hydroxylation is 1. The quantitative estimate of drug-likeness (QED) is 0.676. The lowest BCUT2D eigenvalue weighted by atomic mass is 10.0. The van der Waals surface area contributed by atoms with E-state index in [1.54, 1.807) is 6.92 Å². The van der Waals surface area contributed by atoms with Gasteiger partial charge in [-0.1, -0.05) is 0 Å². The Bertz CT molecular complexity index is 1100. The molecule has 3 rings (SSSR count). The highest BCUT2D eigenvalue weighted by molar-refractivity contribution is 7.90. The van der Waals surface area contributed by atoms with Crippen molar-refractivity contribution in [2.45, 2.75) is 24.7 Å². The van der Waals surface area contributed by atoms with Crippen LogP contribution in [0.5, 0.6) is 0 Å². The van der Waals surface area contributed by atoms with Gasteiger partial charge in [0, 0.05) is 29.6 Å². The van der Waals surface area contributed by atoms with E-state index in [0.717, 1.165) is 6.26 Å².